The van der Waals surface area contributed by atoms with E-state index in [1.807, 2.05) is 23.2 Å². The van der Waals surface area contributed by atoms with E-state index < -0.39 is 0 Å². The minimum absolute atomic E-state index is 0.290. The third-order valence-corrected chi connectivity index (χ3v) is 5.52. The van der Waals surface area contributed by atoms with Crippen molar-refractivity contribution in [1.29, 1.82) is 0 Å². The second kappa shape index (κ2) is 9.99. The molecule has 12 heteroatoms. The number of rotatable bonds is 8. The second-order valence-electron chi connectivity index (χ2n) is 7.73. The smallest absolute Gasteiger partial charge is 0.270 e. The topological polar surface area (TPSA) is 128 Å². The predicted molar refractivity (Wildman–Crippen MR) is 125 cm³/mol. The van der Waals surface area contributed by atoms with Gasteiger partial charge >= 0.3 is 0 Å². The van der Waals surface area contributed by atoms with Crippen LogP contribution >= 0.6 is 0 Å². The number of hydrazine groups is 1. The first-order valence-electron chi connectivity index (χ1n) is 11.0. The van der Waals surface area contributed by atoms with E-state index in [-0.39, 0.29) is 5.91 Å². The molecule has 12 nitrogen and oxygen atoms in total. The standard InChI is InChI=1S/C23H25N7O5/c1-32-17-6-5-15(12-19(17)33-2)13-24-23-25-14-16(22(31)28-29-7-10-34-11-8-29)21-26-20(27-30(21)23)18-4-3-9-35-18/h3-6,9,12,14H,7-8,10-11,13H2,1-2H3,(H,24,25)(H,28,31). The zero-order valence-corrected chi connectivity index (χ0v) is 19.4. The number of amides is 1. The number of morpholine rings is 1. The quantitative estimate of drug-likeness (QED) is 0.387. The molecule has 4 heterocycles. The number of nitrogens with one attached hydrogen (secondary N) is 2. The molecule has 2 N–H and O–H groups in total. The van der Waals surface area contributed by atoms with Crippen molar-refractivity contribution in [2.45, 2.75) is 6.54 Å². The zero-order chi connectivity index (χ0) is 24.2. The summed E-state index contributed by atoms with van der Waals surface area (Å²) in [5, 5.41) is 9.62. The van der Waals surface area contributed by atoms with Crippen molar-refractivity contribution in [3.05, 3.63) is 53.9 Å². The molecule has 0 saturated carbocycles. The number of methoxy groups -OCH3 is 2. The Hall–Kier alpha value is -4.16. The highest BCUT2D eigenvalue weighted by Gasteiger charge is 2.22. The summed E-state index contributed by atoms with van der Waals surface area (Å²) in [6.07, 6.45) is 3.03. The summed E-state index contributed by atoms with van der Waals surface area (Å²) >= 11 is 0. The highest BCUT2D eigenvalue weighted by molar-refractivity contribution is 5.99. The maximum absolute atomic E-state index is 13.1. The molecule has 1 amide bonds. The molecule has 0 aliphatic carbocycles. The van der Waals surface area contributed by atoms with Crippen LogP contribution in [0, 0.1) is 0 Å². The third kappa shape index (κ3) is 4.74. The number of furan rings is 1. The lowest BCUT2D eigenvalue weighted by Gasteiger charge is -2.26. The summed E-state index contributed by atoms with van der Waals surface area (Å²) in [5.74, 6) is 2.20. The van der Waals surface area contributed by atoms with Crippen LogP contribution in [0.1, 0.15) is 15.9 Å². The summed E-state index contributed by atoms with van der Waals surface area (Å²) in [6.45, 7) is 2.74. The molecule has 4 aromatic rings. The van der Waals surface area contributed by atoms with Crippen molar-refractivity contribution in [3.8, 4) is 23.1 Å². The minimum atomic E-state index is -0.325. The van der Waals surface area contributed by atoms with Crippen LogP contribution in [0.4, 0.5) is 5.95 Å². The van der Waals surface area contributed by atoms with Crippen molar-refractivity contribution in [1.82, 2.24) is 30.0 Å². The number of benzene rings is 1. The molecule has 0 spiro atoms. The molecule has 1 fully saturated rings. The third-order valence-electron chi connectivity index (χ3n) is 5.52. The van der Waals surface area contributed by atoms with E-state index in [0.29, 0.717) is 73.1 Å². The van der Waals surface area contributed by atoms with Crippen molar-refractivity contribution in [2.24, 2.45) is 0 Å². The van der Waals surface area contributed by atoms with Crippen LogP contribution in [0.15, 0.2) is 47.2 Å². The van der Waals surface area contributed by atoms with Crippen LogP contribution in [0.25, 0.3) is 17.2 Å². The Morgan fingerprint density at radius 2 is 1.97 bits per heavy atom. The second-order valence-corrected chi connectivity index (χ2v) is 7.73. The number of aromatic nitrogens is 4. The number of hydrogen-bond donors (Lipinski definition) is 2. The van der Waals surface area contributed by atoms with Crippen molar-refractivity contribution in [3.63, 3.8) is 0 Å². The Kier molecular flexibility index (Phi) is 6.46. The molecule has 3 aromatic heterocycles. The van der Waals surface area contributed by atoms with E-state index in [4.69, 9.17) is 18.6 Å². The molecule has 0 atom stereocenters. The Morgan fingerprint density at radius 3 is 2.71 bits per heavy atom. The molecule has 1 saturated heterocycles. The number of anilines is 1. The van der Waals surface area contributed by atoms with Gasteiger partial charge < -0.3 is 23.9 Å². The fourth-order valence-corrected chi connectivity index (χ4v) is 3.71. The lowest BCUT2D eigenvalue weighted by atomic mass is 10.2. The van der Waals surface area contributed by atoms with Crippen LogP contribution in [0.3, 0.4) is 0 Å². The van der Waals surface area contributed by atoms with Crippen molar-refractivity contribution < 1.29 is 23.4 Å². The SMILES string of the molecule is COc1ccc(CNc2ncc(C(=O)NN3CCOCC3)c3nc(-c4ccco4)nn23)cc1OC. The lowest BCUT2D eigenvalue weighted by molar-refractivity contribution is 0.0126. The summed E-state index contributed by atoms with van der Waals surface area (Å²) in [7, 11) is 3.18. The van der Waals surface area contributed by atoms with Gasteiger partial charge in [-0.15, -0.1) is 5.10 Å². The van der Waals surface area contributed by atoms with Gasteiger partial charge in [-0.1, -0.05) is 6.07 Å². The van der Waals surface area contributed by atoms with E-state index in [1.165, 1.54) is 10.7 Å². The van der Waals surface area contributed by atoms with E-state index in [2.05, 4.69) is 25.8 Å². The summed E-state index contributed by atoms with van der Waals surface area (Å²) < 4.78 is 23.0. The highest BCUT2D eigenvalue weighted by Crippen LogP contribution is 2.28. The van der Waals surface area contributed by atoms with E-state index in [9.17, 15) is 4.79 Å². The maximum atomic E-state index is 13.1. The van der Waals surface area contributed by atoms with Crippen LogP contribution in [-0.4, -0.2) is 71.0 Å². The average molecular weight is 479 g/mol. The molecule has 0 radical (unpaired) electrons. The van der Waals surface area contributed by atoms with E-state index in [0.717, 1.165) is 5.56 Å². The van der Waals surface area contributed by atoms with Crippen LogP contribution in [-0.2, 0) is 11.3 Å². The first-order chi connectivity index (χ1) is 17.2. The molecular weight excluding hydrogens is 454 g/mol. The fraction of sp³-hybridized carbons (Fsp3) is 0.304. The fourth-order valence-electron chi connectivity index (χ4n) is 3.71. The van der Waals surface area contributed by atoms with Crippen LogP contribution in [0.2, 0.25) is 0 Å². The highest BCUT2D eigenvalue weighted by atomic mass is 16.5. The molecule has 35 heavy (non-hydrogen) atoms. The number of carbonyl (C=O) groups is 1. The Balaban J connectivity index is 1.45. The maximum Gasteiger partial charge on any atom is 0.270 e. The van der Waals surface area contributed by atoms with Crippen molar-refractivity contribution in [2.75, 3.05) is 45.8 Å². The molecule has 1 aliphatic heterocycles. The van der Waals surface area contributed by atoms with Gasteiger partial charge in [0.2, 0.25) is 11.8 Å². The summed E-state index contributed by atoms with van der Waals surface area (Å²) in [6, 6.07) is 9.14. The first kappa shape index (κ1) is 22.6. The van der Waals surface area contributed by atoms with Gasteiger partial charge in [-0.05, 0) is 29.8 Å². The van der Waals surface area contributed by atoms with Gasteiger partial charge in [0.25, 0.3) is 5.91 Å². The minimum Gasteiger partial charge on any atom is -0.493 e. The summed E-state index contributed by atoms with van der Waals surface area (Å²) in [5.41, 5.74) is 4.48. The molecule has 5 rings (SSSR count). The van der Waals surface area contributed by atoms with Gasteiger partial charge in [0, 0.05) is 25.8 Å². The molecule has 0 unspecified atom stereocenters. The van der Waals surface area contributed by atoms with Gasteiger partial charge in [-0.2, -0.15) is 4.52 Å². The Morgan fingerprint density at radius 1 is 1.14 bits per heavy atom. The average Bonchev–Trinajstić information content (AvgIpc) is 3.58. The van der Waals surface area contributed by atoms with E-state index >= 15 is 0 Å². The predicted octanol–water partition coefficient (Wildman–Crippen LogP) is 1.99. The number of fused-ring (bicyclic) bond motifs is 1. The summed E-state index contributed by atoms with van der Waals surface area (Å²) in [4.78, 5) is 22.1. The van der Waals surface area contributed by atoms with Crippen molar-refractivity contribution >= 4 is 17.5 Å². The number of carbonyl (C=O) groups excluding carboxylic acids is 1. The molecule has 1 aliphatic rings. The molecular formula is C23H25N7O5. The van der Waals surface area contributed by atoms with Gasteiger partial charge in [0.15, 0.2) is 22.9 Å². The number of nitrogens with zero attached hydrogens (tertiary/aromatic N) is 5. The number of ether oxygens (including phenoxy) is 3. The Bertz CT molecular complexity index is 1320. The lowest BCUT2D eigenvalue weighted by Crippen LogP contribution is -2.48. The molecule has 182 valence electrons. The normalized spacial score (nSPS) is 14.1. The van der Waals surface area contributed by atoms with Gasteiger partial charge in [-0.3, -0.25) is 10.2 Å². The van der Waals surface area contributed by atoms with Gasteiger partial charge in [0.05, 0.1) is 33.7 Å². The Labute approximate surface area is 200 Å². The van der Waals surface area contributed by atoms with Crippen LogP contribution in [0.5, 0.6) is 11.5 Å². The molecule has 0 bridgehead atoms. The monoisotopic (exact) mass is 479 g/mol. The van der Waals surface area contributed by atoms with Gasteiger partial charge in [0.1, 0.15) is 5.56 Å². The molecule has 1 aromatic carbocycles. The first-order valence-corrected chi connectivity index (χ1v) is 11.0. The van der Waals surface area contributed by atoms with Crippen LogP contribution < -0.4 is 20.2 Å². The van der Waals surface area contributed by atoms with Gasteiger partial charge in [-0.25, -0.2) is 15.0 Å². The largest absolute Gasteiger partial charge is 0.493 e. The van der Waals surface area contributed by atoms with E-state index in [1.54, 1.807) is 32.6 Å². The zero-order valence-electron chi connectivity index (χ0n) is 19.4. The number of hydrogen-bond acceptors (Lipinski definition) is 10.